The summed E-state index contributed by atoms with van der Waals surface area (Å²) in [6.45, 7) is 12.2. The van der Waals surface area contributed by atoms with Crippen molar-refractivity contribution in [2.75, 3.05) is 0 Å². The van der Waals surface area contributed by atoms with Crippen molar-refractivity contribution < 1.29 is 0 Å². The van der Waals surface area contributed by atoms with Crippen molar-refractivity contribution in [3.8, 4) is 0 Å². The van der Waals surface area contributed by atoms with Gasteiger partial charge in [-0.3, -0.25) is 0 Å². The topological polar surface area (TPSA) is 17.8 Å². The summed E-state index contributed by atoms with van der Waals surface area (Å²) in [7, 11) is 0. The van der Waals surface area contributed by atoms with Gasteiger partial charge in [0.2, 0.25) is 0 Å². The van der Waals surface area contributed by atoms with E-state index in [1.54, 1.807) is 0 Å². The number of hydrogen-bond donors (Lipinski definition) is 0. The number of hydrogen-bond acceptors (Lipinski definition) is 1. The standard InChI is InChI=1S/C15H20N2/c1-5-7-12-8-13(11(3)4)9-14-15(12)17(6-2)10-16-14/h5-7,10-11,13H,1-2,8-9H2,3-4H3/b12-7-. The zero-order chi connectivity index (χ0) is 12.4. The predicted molar refractivity (Wildman–Crippen MR) is 73.4 cm³/mol. The van der Waals surface area contributed by atoms with Crippen LogP contribution in [0.2, 0.25) is 0 Å². The van der Waals surface area contributed by atoms with Crippen LogP contribution in [0.1, 0.15) is 31.7 Å². The van der Waals surface area contributed by atoms with E-state index in [1.807, 2.05) is 23.2 Å². The molecule has 1 aliphatic carbocycles. The summed E-state index contributed by atoms with van der Waals surface area (Å²) in [5.41, 5.74) is 3.75. The van der Waals surface area contributed by atoms with Gasteiger partial charge in [0.15, 0.2) is 0 Å². The Morgan fingerprint density at radius 3 is 2.76 bits per heavy atom. The van der Waals surface area contributed by atoms with Crippen LogP contribution in [0.25, 0.3) is 11.8 Å². The number of allylic oxidation sites excluding steroid dienone is 3. The third-order valence-corrected chi connectivity index (χ3v) is 3.57. The molecule has 0 N–H and O–H groups in total. The molecule has 2 nitrogen and oxygen atoms in total. The Kier molecular flexibility index (Phi) is 3.32. The lowest BCUT2D eigenvalue weighted by atomic mass is 9.79. The molecule has 2 heteroatoms. The summed E-state index contributed by atoms with van der Waals surface area (Å²) in [4.78, 5) is 4.51. The quantitative estimate of drug-likeness (QED) is 0.770. The summed E-state index contributed by atoms with van der Waals surface area (Å²) in [6, 6.07) is 0. The van der Waals surface area contributed by atoms with Crippen LogP contribution in [0.15, 0.2) is 31.6 Å². The van der Waals surface area contributed by atoms with Gasteiger partial charge in [0, 0.05) is 6.20 Å². The maximum absolute atomic E-state index is 4.51. The van der Waals surface area contributed by atoms with E-state index in [4.69, 9.17) is 0 Å². The smallest absolute Gasteiger partial charge is 0.0995 e. The Bertz CT molecular complexity index is 463. The molecule has 1 aromatic rings. The Labute approximate surface area is 103 Å². The minimum Gasteiger partial charge on any atom is -0.306 e. The van der Waals surface area contributed by atoms with E-state index >= 15 is 0 Å². The minimum absolute atomic E-state index is 0.682. The molecule has 0 saturated carbocycles. The highest BCUT2D eigenvalue weighted by Crippen LogP contribution is 2.36. The van der Waals surface area contributed by atoms with Gasteiger partial charge in [-0.1, -0.05) is 39.2 Å². The fraction of sp³-hybridized carbons (Fsp3) is 0.400. The van der Waals surface area contributed by atoms with Crippen LogP contribution >= 0.6 is 0 Å². The van der Waals surface area contributed by atoms with Crippen LogP contribution in [-0.2, 0) is 6.42 Å². The van der Waals surface area contributed by atoms with Crippen molar-refractivity contribution in [2.24, 2.45) is 11.8 Å². The molecule has 1 aliphatic rings. The molecule has 1 unspecified atom stereocenters. The van der Waals surface area contributed by atoms with Crippen LogP contribution in [0.4, 0.5) is 0 Å². The summed E-state index contributed by atoms with van der Waals surface area (Å²) in [5, 5.41) is 0. The van der Waals surface area contributed by atoms with Crippen molar-refractivity contribution in [1.82, 2.24) is 9.55 Å². The number of aromatic nitrogens is 2. The number of rotatable bonds is 3. The lowest BCUT2D eigenvalue weighted by Gasteiger charge is -2.27. The molecular weight excluding hydrogens is 208 g/mol. The second-order valence-electron chi connectivity index (χ2n) is 4.97. The molecule has 1 heterocycles. The monoisotopic (exact) mass is 228 g/mol. The first-order valence-corrected chi connectivity index (χ1v) is 6.17. The highest BCUT2D eigenvalue weighted by molar-refractivity contribution is 5.69. The Morgan fingerprint density at radius 1 is 1.41 bits per heavy atom. The molecule has 0 amide bonds. The lowest BCUT2D eigenvalue weighted by molar-refractivity contribution is 0.379. The maximum Gasteiger partial charge on any atom is 0.0995 e. The van der Waals surface area contributed by atoms with E-state index in [2.05, 4.69) is 38.1 Å². The summed E-state index contributed by atoms with van der Waals surface area (Å²) >= 11 is 0. The zero-order valence-electron chi connectivity index (χ0n) is 10.7. The van der Waals surface area contributed by atoms with Gasteiger partial charge in [-0.05, 0) is 30.3 Å². The summed E-state index contributed by atoms with van der Waals surface area (Å²) in [6.07, 6.45) is 9.83. The van der Waals surface area contributed by atoms with E-state index in [0.717, 1.165) is 12.8 Å². The fourth-order valence-electron chi connectivity index (χ4n) is 2.50. The van der Waals surface area contributed by atoms with Crippen molar-refractivity contribution >= 4 is 11.8 Å². The van der Waals surface area contributed by atoms with Crippen molar-refractivity contribution in [3.05, 3.63) is 43.0 Å². The first-order valence-electron chi connectivity index (χ1n) is 6.17. The Balaban J connectivity index is 2.47. The van der Waals surface area contributed by atoms with Gasteiger partial charge in [-0.2, -0.15) is 0 Å². The Hall–Kier alpha value is -1.57. The van der Waals surface area contributed by atoms with E-state index in [-0.39, 0.29) is 0 Å². The lowest BCUT2D eigenvalue weighted by Crippen LogP contribution is -2.19. The van der Waals surface area contributed by atoms with Crippen molar-refractivity contribution in [2.45, 2.75) is 26.7 Å². The first kappa shape index (κ1) is 11.9. The van der Waals surface area contributed by atoms with Crippen LogP contribution < -0.4 is 0 Å². The minimum atomic E-state index is 0.682. The fourth-order valence-corrected chi connectivity index (χ4v) is 2.50. The second-order valence-corrected chi connectivity index (χ2v) is 4.97. The third kappa shape index (κ3) is 2.12. The van der Waals surface area contributed by atoms with Crippen LogP contribution in [0, 0.1) is 11.8 Å². The highest BCUT2D eigenvalue weighted by atomic mass is 15.0. The molecule has 0 spiro atoms. The van der Waals surface area contributed by atoms with Gasteiger partial charge < -0.3 is 4.57 Å². The molecule has 1 aromatic heterocycles. The third-order valence-electron chi connectivity index (χ3n) is 3.57. The second kappa shape index (κ2) is 4.74. The van der Waals surface area contributed by atoms with Crippen molar-refractivity contribution in [1.29, 1.82) is 0 Å². The van der Waals surface area contributed by atoms with E-state index < -0.39 is 0 Å². The van der Waals surface area contributed by atoms with Crippen LogP contribution in [0.3, 0.4) is 0 Å². The molecular formula is C15H20N2. The average Bonchev–Trinajstić information content (AvgIpc) is 2.72. The first-order chi connectivity index (χ1) is 8.17. The van der Waals surface area contributed by atoms with Crippen molar-refractivity contribution in [3.63, 3.8) is 0 Å². The number of imidazole rings is 1. The molecule has 0 bridgehead atoms. The molecule has 1 atom stereocenters. The molecule has 0 radical (unpaired) electrons. The SMILES string of the molecule is C=C/C=C1/CC(C(C)C)Cc2ncn(C=C)c21. The number of nitrogens with zero attached hydrogens (tertiary/aromatic N) is 2. The summed E-state index contributed by atoms with van der Waals surface area (Å²) < 4.78 is 2.02. The summed E-state index contributed by atoms with van der Waals surface area (Å²) in [5.74, 6) is 1.37. The molecule has 0 saturated heterocycles. The molecule has 0 aliphatic heterocycles. The van der Waals surface area contributed by atoms with E-state index in [9.17, 15) is 0 Å². The van der Waals surface area contributed by atoms with Gasteiger partial charge in [0.05, 0.1) is 17.7 Å². The highest BCUT2D eigenvalue weighted by Gasteiger charge is 2.27. The van der Waals surface area contributed by atoms with E-state index in [1.165, 1.54) is 17.0 Å². The molecule has 0 aromatic carbocycles. The Morgan fingerprint density at radius 2 is 2.18 bits per heavy atom. The van der Waals surface area contributed by atoms with Crippen LogP contribution in [-0.4, -0.2) is 9.55 Å². The molecule has 2 rings (SSSR count). The zero-order valence-corrected chi connectivity index (χ0v) is 10.7. The van der Waals surface area contributed by atoms with E-state index in [0.29, 0.717) is 11.8 Å². The maximum atomic E-state index is 4.51. The average molecular weight is 228 g/mol. The van der Waals surface area contributed by atoms with Gasteiger partial charge in [0.25, 0.3) is 0 Å². The molecule has 0 fully saturated rings. The molecule has 90 valence electrons. The number of fused-ring (bicyclic) bond motifs is 1. The predicted octanol–water partition coefficient (Wildman–Crippen LogP) is 3.77. The van der Waals surface area contributed by atoms with Gasteiger partial charge >= 0.3 is 0 Å². The molecule has 17 heavy (non-hydrogen) atoms. The van der Waals surface area contributed by atoms with Gasteiger partial charge in [-0.15, -0.1) is 0 Å². The normalized spacial score (nSPS) is 21.6. The van der Waals surface area contributed by atoms with Gasteiger partial charge in [0.1, 0.15) is 0 Å². The van der Waals surface area contributed by atoms with Crippen LogP contribution in [0.5, 0.6) is 0 Å². The van der Waals surface area contributed by atoms with Gasteiger partial charge in [-0.25, -0.2) is 4.98 Å². The largest absolute Gasteiger partial charge is 0.306 e.